The number of rotatable bonds is 6. The molecular formula is C18H20N6O. The molecule has 25 heavy (non-hydrogen) atoms. The lowest BCUT2D eigenvalue weighted by atomic mass is 10.2. The van der Waals surface area contributed by atoms with Gasteiger partial charge in [-0.15, -0.1) is 0 Å². The number of aromatic nitrogens is 4. The second kappa shape index (κ2) is 7.57. The van der Waals surface area contributed by atoms with Crippen LogP contribution in [0.25, 0.3) is 5.69 Å². The molecule has 0 aliphatic heterocycles. The zero-order valence-electron chi connectivity index (χ0n) is 14.2. The van der Waals surface area contributed by atoms with Gasteiger partial charge < -0.3 is 10.6 Å². The van der Waals surface area contributed by atoms with Gasteiger partial charge in [-0.3, -0.25) is 9.78 Å². The molecule has 7 heteroatoms. The summed E-state index contributed by atoms with van der Waals surface area (Å²) in [7, 11) is 0. The Hall–Kier alpha value is -3.22. The molecule has 128 valence electrons. The molecule has 0 radical (unpaired) electrons. The first-order valence-electron chi connectivity index (χ1n) is 8.06. The minimum Gasteiger partial charge on any atom is -0.367 e. The molecule has 0 spiro atoms. The number of para-hydroxylation sites is 1. The number of anilines is 1. The summed E-state index contributed by atoms with van der Waals surface area (Å²) in [6.07, 6.45) is 4.87. The van der Waals surface area contributed by atoms with Crippen molar-refractivity contribution in [1.82, 2.24) is 25.1 Å². The summed E-state index contributed by atoms with van der Waals surface area (Å²) in [5.41, 5.74) is 3.08. The van der Waals surface area contributed by atoms with Crippen LogP contribution in [0.1, 0.15) is 21.7 Å². The topological polar surface area (TPSA) is 84.7 Å². The summed E-state index contributed by atoms with van der Waals surface area (Å²) < 4.78 is 1.79. The monoisotopic (exact) mass is 336 g/mol. The Morgan fingerprint density at radius 3 is 2.64 bits per heavy atom. The van der Waals surface area contributed by atoms with E-state index in [1.165, 1.54) is 0 Å². The van der Waals surface area contributed by atoms with Crippen molar-refractivity contribution in [1.29, 1.82) is 0 Å². The van der Waals surface area contributed by atoms with E-state index < -0.39 is 0 Å². The molecule has 0 saturated heterocycles. The van der Waals surface area contributed by atoms with Crippen LogP contribution < -0.4 is 10.6 Å². The van der Waals surface area contributed by atoms with E-state index in [9.17, 15) is 4.79 Å². The molecule has 0 aliphatic rings. The summed E-state index contributed by atoms with van der Waals surface area (Å²) in [5.74, 6) is 0.555. The van der Waals surface area contributed by atoms with Gasteiger partial charge in [-0.1, -0.05) is 18.2 Å². The van der Waals surface area contributed by atoms with Crippen LogP contribution in [-0.2, 0) is 0 Å². The largest absolute Gasteiger partial charge is 0.367 e. The number of carbonyl (C=O) groups is 1. The third-order valence-corrected chi connectivity index (χ3v) is 3.80. The first-order chi connectivity index (χ1) is 12.2. The van der Waals surface area contributed by atoms with E-state index in [1.807, 2.05) is 44.2 Å². The Labute approximate surface area is 146 Å². The van der Waals surface area contributed by atoms with E-state index in [2.05, 4.69) is 25.7 Å². The predicted molar refractivity (Wildman–Crippen MR) is 95.9 cm³/mol. The number of nitrogens with one attached hydrogen (secondary N) is 2. The van der Waals surface area contributed by atoms with Crippen molar-refractivity contribution >= 4 is 11.7 Å². The van der Waals surface area contributed by atoms with Crippen LogP contribution in [0.15, 0.2) is 48.9 Å². The predicted octanol–water partition coefficient (Wildman–Crippen LogP) is 2.12. The van der Waals surface area contributed by atoms with E-state index in [0.29, 0.717) is 30.2 Å². The number of benzene rings is 1. The van der Waals surface area contributed by atoms with Crippen LogP contribution in [-0.4, -0.2) is 38.7 Å². The molecule has 0 saturated carbocycles. The van der Waals surface area contributed by atoms with E-state index in [1.54, 1.807) is 23.3 Å². The van der Waals surface area contributed by atoms with Gasteiger partial charge in [0.05, 0.1) is 28.8 Å². The molecule has 0 aliphatic carbocycles. The lowest BCUT2D eigenvalue weighted by Crippen LogP contribution is -2.29. The molecule has 3 aromatic rings. The molecule has 2 aromatic heterocycles. The smallest absolute Gasteiger partial charge is 0.255 e. The first kappa shape index (κ1) is 16.6. The molecule has 0 fully saturated rings. The summed E-state index contributed by atoms with van der Waals surface area (Å²) >= 11 is 0. The van der Waals surface area contributed by atoms with Crippen molar-refractivity contribution in [3.8, 4) is 5.69 Å². The maximum absolute atomic E-state index is 12.5. The normalized spacial score (nSPS) is 10.5. The Morgan fingerprint density at radius 1 is 1.12 bits per heavy atom. The Bertz CT molecular complexity index is 845. The van der Waals surface area contributed by atoms with Crippen LogP contribution in [0, 0.1) is 13.8 Å². The Kier molecular flexibility index (Phi) is 5.03. The molecule has 2 heterocycles. The van der Waals surface area contributed by atoms with Gasteiger partial charge in [-0.05, 0) is 26.0 Å². The standard InChI is InChI=1S/C18H20N6O/c1-13-17(14(2)24(23-13)15-6-4-3-5-7-15)18(25)22-11-10-21-16-12-19-8-9-20-16/h3-9,12H,10-11H2,1-2H3,(H,20,21)(H,22,25). The molecule has 0 atom stereocenters. The van der Waals surface area contributed by atoms with E-state index in [4.69, 9.17) is 0 Å². The van der Waals surface area contributed by atoms with Gasteiger partial charge in [0.1, 0.15) is 5.82 Å². The first-order valence-corrected chi connectivity index (χ1v) is 8.06. The zero-order chi connectivity index (χ0) is 17.6. The van der Waals surface area contributed by atoms with Gasteiger partial charge in [0, 0.05) is 25.5 Å². The van der Waals surface area contributed by atoms with Gasteiger partial charge >= 0.3 is 0 Å². The lowest BCUT2D eigenvalue weighted by Gasteiger charge is -2.08. The van der Waals surface area contributed by atoms with Gasteiger partial charge in [-0.25, -0.2) is 9.67 Å². The maximum Gasteiger partial charge on any atom is 0.255 e. The minimum absolute atomic E-state index is 0.127. The fourth-order valence-electron chi connectivity index (χ4n) is 2.64. The third-order valence-electron chi connectivity index (χ3n) is 3.80. The van der Waals surface area contributed by atoms with E-state index in [-0.39, 0.29) is 5.91 Å². The molecule has 0 unspecified atom stereocenters. The second-order valence-electron chi connectivity index (χ2n) is 5.57. The van der Waals surface area contributed by atoms with Gasteiger partial charge in [0.15, 0.2) is 0 Å². The van der Waals surface area contributed by atoms with Crippen LogP contribution >= 0.6 is 0 Å². The lowest BCUT2D eigenvalue weighted by molar-refractivity contribution is 0.0954. The average molecular weight is 336 g/mol. The van der Waals surface area contributed by atoms with Crippen LogP contribution in [0.3, 0.4) is 0 Å². The summed E-state index contributed by atoms with van der Waals surface area (Å²) in [6, 6.07) is 9.78. The van der Waals surface area contributed by atoms with Crippen molar-refractivity contribution < 1.29 is 4.79 Å². The third kappa shape index (κ3) is 3.82. The minimum atomic E-state index is -0.127. The highest BCUT2D eigenvalue weighted by Crippen LogP contribution is 2.17. The fourth-order valence-corrected chi connectivity index (χ4v) is 2.64. The number of amides is 1. The van der Waals surface area contributed by atoms with Crippen LogP contribution in [0.5, 0.6) is 0 Å². The van der Waals surface area contributed by atoms with Crippen molar-refractivity contribution in [3.05, 3.63) is 65.9 Å². The van der Waals surface area contributed by atoms with Crippen molar-refractivity contribution in [2.24, 2.45) is 0 Å². The van der Waals surface area contributed by atoms with Crippen LogP contribution in [0.2, 0.25) is 0 Å². The second-order valence-corrected chi connectivity index (χ2v) is 5.57. The summed E-state index contributed by atoms with van der Waals surface area (Å²) in [5, 5.41) is 10.5. The van der Waals surface area contributed by atoms with Crippen molar-refractivity contribution in [2.45, 2.75) is 13.8 Å². The van der Waals surface area contributed by atoms with Crippen molar-refractivity contribution in [3.63, 3.8) is 0 Å². The average Bonchev–Trinajstić information content (AvgIpc) is 2.94. The molecule has 1 amide bonds. The molecule has 2 N–H and O–H groups in total. The highest BCUT2D eigenvalue weighted by molar-refractivity contribution is 5.96. The number of nitrogens with zero attached hydrogens (tertiary/aromatic N) is 4. The number of hydrogen-bond acceptors (Lipinski definition) is 5. The molecule has 1 aromatic carbocycles. The Morgan fingerprint density at radius 2 is 1.92 bits per heavy atom. The summed E-state index contributed by atoms with van der Waals surface area (Å²) in [6.45, 7) is 4.79. The fraction of sp³-hybridized carbons (Fsp3) is 0.222. The number of aryl methyl sites for hydroxylation is 1. The number of hydrogen-bond donors (Lipinski definition) is 2. The SMILES string of the molecule is Cc1nn(-c2ccccc2)c(C)c1C(=O)NCCNc1cnccn1. The van der Waals surface area contributed by atoms with Gasteiger partial charge in [-0.2, -0.15) is 5.10 Å². The Balaban J connectivity index is 1.63. The number of carbonyl (C=O) groups excluding carboxylic acids is 1. The molecular weight excluding hydrogens is 316 g/mol. The molecule has 3 rings (SSSR count). The molecule has 7 nitrogen and oxygen atoms in total. The van der Waals surface area contributed by atoms with E-state index in [0.717, 1.165) is 11.4 Å². The van der Waals surface area contributed by atoms with Crippen molar-refractivity contribution in [2.75, 3.05) is 18.4 Å². The van der Waals surface area contributed by atoms with Gasteiger partial charge in [0.25, 0.3) is 5.91 Å². The van der Waals surface area contributed by atoms with Gasteiger partial charge in [0.2, 0.25) is 0 Å². The highest BCUT2D eigenvalue weighted by Gasteiger charge is 2.18. The quantitative estimate of drug-likeness (QED) is 0.674. The van der Waals surface area contributed by atoms with E-state index >= 15 is 0 Å². The zero-order valence-corrected chi connectivity index (χ0v) is 14.2. The van der Waals surface area contributed by atoms with Crippen LogP contribution in [0.4, 0.5) is 5.82 Å². The molecule has 0 bridgehead atoms. The summed E-state index contributed by atoms with van der Waals surface area (Å²) in [4.78, 5) is 20.6. The maximum atomic E-state index is 12.5. The highest BCUT2D eigenvalue weighted by atomic mass is 16.1.